The van der Waals surface area contributed by atoms with E-state index in [1.54, 1.807) is 0 Å². The molecule has 21 heavy (non-hydrogen) atoms. The number of fused-ring (bicyclic) bond motifs is 1. The average molecular weight is 353 g/mol. The van der Waals surface area contributed by atoms with Gasteiger partial charge in [-0.3, -0.25) is 4.90 Å². The zero-order chi connectivity index (χ0) is 14.8. The lowest BCUT2D eigenvalue weighted by Gasteiger charge is -2.36. The third-order valence-corrected chi connectivity index (χ3v) is 4.67. The van der Waals surface area contributed by atoms with Gasteiger partial charge in [0.1, 0.15) is 0 Å². The van der Waals surface area contributed by atoms with Gasteiger partial charge in [-0.05, 0) is 31.0 Å². The van der Waals surface area contributed by atoms with E-state index in [0.717, 1.165) is 48.6 Å². The maximum atomic E-state index is 5.54. The summed E-state index contributed by atoms with van der Waals surface area (Å²) in [7, 11) is 0. The van der Waals surface area contributed by atoms with Crippen LogP contribution in [0.5, 0.6) is 11.5 Å². The third-order valence-electron chi connectivity index (χ3n) is 3.99. The highest BCUT2D eigenvalue weighted by Gasteiger charge is 2.26. The summed E-state index contributed by atoms with van der Waals surface area (Å²) >= 11 is 3.70. The van der Waals surface area contributed by atoms with Gasteiger partial charge in [0.2, 0.25) is 6.79 Å². The Bertz CT molecular complexity index is 541. The zero-order valence-electron chi connectivity index (χ0n) is 12.3. The first kappa shape index (κ1) is 14.9. The molecular weight excluding hydrogens is 332 g/mol. The monoisotopic (exact) mass is 352 g/mol. The van der Waals surface area contributed by atoms with Crippen LogP contribution < -0.4 is 14.8 Å². The SMILES string of the molecule is C=C(C)C[C@@H](c1cc2c(cc1Br)OCO2)N1CCNCC1. The number of ether oxygens (including phenoxy) is 2. The van der Waals surface area contributed by atoms with Gasteiger partial charge in [-0.2, -0.15) is 0 Å². The molecule has 1 atom stereocenters. The fourth-order valence-corrected chi connectivity index (χ4v) is 3.53. The topological polar surface area (TPSA) is 33.7 Å². The molecule has 0 spiro atoms. The summed E-state index contributed by atoms with van der Waals surface area (Å²) in [6.07, 6.45) is 0.957. The van der Waals surface area contributed by atoms with E-state index in [-0.39, 0.29) is 0 Å². The Morgan fingerprint density at radius 2 is 2.00 bits per heavy atom. The number of rotatable bonds is 4. The first-order chi connectivity index (χ1) is 10.1. The third kappa shape index (κ3) is 3.25. The molecule has 1 N–H and O–H groups in total. The predicted molar refractivity (Wildman–Crippen MR) is 86.9 cm³/mol. The second kappa shape index (κ2) is 6.38. The summed E-state index contributed by atoms with van der Waals surface area (Å²) in [6, 6.07) is 4.46. The quantitative estimate of drug-likeness (QED) is 0.844. The van der Waals surface area contributed by atoms with Gasteiger partial charge in [0.05, 0.1) is 0 Å². The molecule has 5 heteroatoms. The number of halogens is 1. The second-order valence-electron chi connectivity index (χ2n) is 5.69. The minimum absolute atomic E-state index is 0.310. The smallest absolute Gasteiger partial charge is 0.231 e. The molecule has 2 heterocycles. The van der Waals surface area contributed by atoms with Crippen molar-refractivity contribution in [3.8, 4) is 11.5 Å². The van der Waals surface area contributed by atoms with Crippen LogP contribution in [0.4, 0.5) is 0 Å². The van der Waals surface area contributed by atoms with Gasteiger partial charge in [0.15, 0.2) is 11.5 Å². The van der Waals surface area contributed by atoms with Gasteiger partial charge in [0.25, 0.3) is 0 Å². The summed E-state index contributed by atoms with van der Waals surface area (Å²) in [6.45, 7) is 10.7. The van der Waals surface area contributed by atoms with Crippen molar-refractivity contribution >= 4 is 15.9 Å². The molecule has 3 rings (SSSR count). The molecule has 1 fully saturated rings. The molecule has 2 aliphatic rings. The largest absolute Gasteiger partial charge is 0.454 e. The van der Waals surface area contributed by atoms with Gasteiger partial charge in [-0.1, -0.05) is 21.5 Å². The number of nitrogens with zero attached hydrogens (tertiary/aromatic N) is 1. The fourth-order valence-electron chi connectivity index (χ4n) is 2.95. The molecule has 1 saturated heterocycles. The fraction of sp³-hybridized carbons (Fsp3) is 0.500. The summed E-state index contributed by atoms with van der Waals surface area (Å²) in [4.78, 5) is 2.52. The van der Waals surface area contributed by atoms with Crippen molar-refractivity contribution in [1.29, 1.82) is 0 Å². The van der Waals surface area contributed by atoms with Crippen LogP contribution in [0.1, 0.15) is 24.9 Å². The van der Waals surface area contributed by atoms with E-state index in [4.69, 9.17) is 9.47 Å². The highest BCUT2D eigenvalue weighted by atomic mass is 79.9. The number of hydrogen-bond acceptors (Lipinski definition) is 4. The number of hydrogen-bond donors (Lipinski definition) is 1. The molecule has 0 aromatic heterocycles. The Labute approximate surface area is 134 Å². The number of nitrogens with one attached hydrogen (secondary N) is 1. The number of benzene rings is 1. The van der Waals surface area contributed by atoms with E-state index in [1.807, 2.05) is 6.07 Å². The summed E-state index contributed by atoms with van der Waals surface area (Å²) < 4.78 is 12.1. The van der Waals surface area contributed by atoms with E-state index >= 15 is 0 Å². The summed E-state index contributed by atoms with van der Waals surface area (Å²) in [5.74, 6) is 1.66. The van der Waals surface area contributed by atoms with Crippen LogP contribution in [0.3, 0.4) is 0 Å². The zero-order valence-corrected chi connectivity index (χ0v) is 13.9. The standard InChI is InChI=1S/C16H21BrN2O2/c1-11(2)7-14(19-5-3-18-4-6-19)12-8-15-16(9-13(12)17)21-10-20-15/h8-9,14,18H,1,3-7,10H2,2H3/t14-/m0/s1. The van der Waals surface area contributed by atoms with Gasteiger partial charge in [0, 0.05) is 36.7 Å². The van der Waals surface area contributed by atoms with Crippen LogP contribution in [0.25, 0.3) is 0 Å². The molecule has 0 aliphatic carbocycles. The van der Waals surface area contributed by atoms with Crippen molar-refractivity contribution in [3.63, 3.8) is 0 Å². The van der Waals surface area contributed by atoms with E-state index < -0.39 is 0 Å². The summed E-state index contributed by atoms with van der Waals surface area (Å²) in [5, 5.41) is 3.41. The Kier molecular flexibility index (Phi) is 4.52. The van der Waals surface area contributed by atoms with Gasteiger partial charge >= 0.3 is 0 Å². The predicted octanol–water partition coefficient (Wildman–Crippen LogP) is 3.09. The molecule has 0 saturated carbocycles. The van der Waals surface area contributed by atoms with Crippen molar-refractivity contribution in [1.82, 2.24) is 10.2 Å². The van der Waals surface area contributed by atoms with Crippen LogP contribution >= 0.6 is 15.9 Å². The first-order valence-electron chi connectivity index (χ1n) is 7.33. The van der Waals surface area contributed by atoms with Crippen LogP contribution in [-0.4, -0.2) is 37.9 Å². The van der Waals surface area contributed by atoms with Crippen LogP contribution in [0.2, 0.25) is 0 Å². The van der Waals surface area contributed by atoms with Crippen molar-refractivity contribution in [3.05, 3.63) is 34.3 Å². The molecule has 0 radical (unpaired) electrons. The Morgan fingerprint density at radius 3 is 2.67 bits per heavy atom. The lowest BCUT2D eigenvalue weighted by Crippen LogP contribution is -2.45. The van der Waals surface area contributed by atoms with E-state index in [0.29, 0.717) is 12.8 Å². The normalized spacial score (nSPS) is 19.5. The van der Waals surface area contributed by atoms with Gasteiger partial charge in [-0.15, -0.1) is 6.58 Å². The Morgan fingerprint density at radius 1 is 1.33 bits per heavy atom. The molecule has 1 aromatic carbocycles. The van der Waals surface area contributed by atoms with Crippen molar-refractivity contribution < 1.29 is 9.47 Å². The molecule has 0 unspecified atom stereocenters. The molecule has 4 nitrogen and oxygen atoms in total. The maximum absolute atomic E-state index is 5.54. The Balaban J connectivity index is 1.93. The molecule has 1 aromatic rings. The molecule has 2 aliphatic heterocycles. The average Bonchev–Trinajstić information content (AvgIpc) is 2.92. The number of piperazine rings is 1. The van der Waals surface area contributed by atoms with E-state index in [9.17, 15) is 0 Å². The lowest BCUT2D eigenvalue weighted by atomic mass is 9.97. The maximum Gasteiger partial charge on any atom is 0.231 e. The van der Waals surface area contributed by atoms with Crippen LogP contribution in [-0.2, 0) is 0 Å². The van der Waals surface area contributed by atoms with Crippen molar-refractivity contribution in [2.75, 3.05) is 33.0 Å². The van der Waals surface area contributed by atoms with Gasteiger partial charge in [-0.25, -0.2) is 0 Å². The highest BCUT2D eigenvalue weighted by Crippen LogP contribution is 2.41. The molecular formula is C16H21BrN2O2. The first-order valence-corrected chi connectivity index (χ1v) is 8.12. The molecule has 0 amide bonds. The van der Waals surface area contributed by atoms with Crippen molar-refractivity contribution in [2.45, 2.75) is 19.4 Å². The highest BCUT2D eigenvalue weighted by molar-refractivity contribution is 9.10. The lowest BCUT2D eigenvalue weighted by molar-refractivity contribution is 0.169. The van der Waals surface area contributed by atoms with E-state index in [1.165, 1.54) is 11.1 Å². The minimum Gasteiger partial charge on any atom is -0.454 e. The van der Waals surface area contributed by atoms with Gasteiger partial charge < -0.3 is 14.8 Å². The van der Waals surface area contributed by atoms with E-state index in [2.05, 4.69) is 45.7 Å². The summed E-state index contributed by atoms with van der Waals surface area (Å²) in [5.41, 5.74) is 2.45. The molecule has 114 valence electrons. The van der Waals surface area contributed by atoms with Crippen molar-refractivity contribution in [2.24, 2.45) is 0 Å². The molecule has 0 bridgehead atoms. The second-order valence-corrected chi connectivity index (χ2v) is 6.54. The van der Waals surface area contributed by atoms with Crippen LogP contribution in [0, 0.1) is 0 Å². The van der Waals surface area contributed by atoms with Crippen LogP contribution in [0.15, 0.2) is 28.8 Å². The Hall–Kier alpha value is -1.04. The minimum atomic E-state index is 0.310.